The number of carboxylic acid groups (broad SMARTS) is 1. The number of hydrogen-bond acceptors (Lipinski definition) is 3. The molecule has 0 bridgehead atoms. The molecule has 5 nitrogen and oxygen atoms in total. The van der Waals surface area contributed by atoms with Gasteiger partial charge in [0.2, 0.25) is 10.0 Å². The Kier molecular flexibility index (Phi) is 4.91. The quantitative estimate of drug-likeness (QED) is 0.773. The van der Waals surface area contributed by atoms with Crippen molar-refractivity contribution in [3.8, 4) is 0 Å². The highest BCUT2D eigenvalue weighted by Gasteiger charge is 2.07. The van der Waals surface area contributed by atoms with Crippen molar-refractivity contribution in [2.24, 2.45) is 0 Å². The first-order chi connectivity index (χ1) is 8.43. The van der Waals surface area contributed by atoms with Crippen molar-refractivity contribution < 1.29 is 18.3 Å². The Balaban J connectivity index is 2.75. The first-order valence-electron chi connectivity index (χ1n) is 5.44. The number of anilines is 1. The number of aliphatic carboxylic acids is 1. The average Bonchev–Trinajstić information content (AvgIpc) is 2.27. The lowest BCUT2D eigenvalue weighted by atomic mass is 10.2. The summed E-state index contributed by atoms with van der Waals surface area (Å²) in [4.78, 5) is 10.3. The number of sulfonamides is 1. The zero-order valence-corrected chi connectivity index (χ0v) is 10.8. The Morgan fingerprint density at radius 3 is 2.44 bits per heavy atom. The van der Waals surface area contributed by atoms with E-state index in [2.05, 4.69) is 4.72 Å². The minimum Gasteiger partial charge on any atom is -0.478 e. The Labute approximate surface area is 106 Å². The molecule has 18 heavy (non-hydrogen) atoms. The number of carboxylic acids is 1. The molecule has 0 atom stereocenters. The third-order valence-electron chi connectivity index (χ3n) is 2.08. The molecule has 0 aliphatic rings. The maximum atomic E-state index is 11.5. The normalized spacial score (nSPS) is 11.6. The zero-order valence-electron chi connectivity index (χ0n) is 9.96. The van der Waals surface area contributed by atoms with E-state index in [0.717, 1.165) is 6.08 Å². The molecule has 0 unspecified atom stereocenters. The molecule has 0 aliphatic heterocycles. The Bertz CT molecular complexity index is 532. The monoisotopic (exact) mass is 269 g/mol. The van der Waals surface area contributed by atoms with Crippen LogP contribution in [0.3, 0.4) is 0 Å². The van der Waals surface area contributed by atoms with E-state index in [1.54, 1.807) is 31.2 Å². The Hall–Kier alpha value is -1.82. The molecule has 2 N–H and O–H groups in total. The van der Waals surface area contributed by atoms with E-state index in [-0.39, 0.29) is 5.75 Å². The van der Waals surface area contributed by atoms with Crippen LogP contribution in [0.5, 0.6) is 0 Å². The largest absolute Gasteiger partial charge is 0.478 e. The minimum absolute atomic E-state index is 0.0771. The van der Waals surface area contributed by atoms with E-state index in [4.69, 9.17) is 5.11 Å². The SMILES string of the molecule is CCCS(=O)(=O)Nc1ccc(/C=C/C(=O)O)cc1. The highest BCUT2D eigenvalue weighted by Crippen LogP contribution is 2.12. The first-order valence-corrected chi connectivity index (χ1v) is 7.10. The maximum Gasteiger partial charge on any atom is 0.328 e. The predicted molar refractivity (Wildman–Crippen MR) is 70.8 cm³/mol. The zero-order chi connectivity index (χ0) is 13.6. The van der Waals surface area contributed by atoms with Gasteiger partial charge in [-0.15, -0.1) is 0 Å². The van der Waals surface area contributed by atoms with Gasteiger partial charge in [0.15, 0.2) is 0 Å². The van der Waals surface area contributed by atoms with Gasteiger partial charge in [-0.05, 0) is 30.2 Å². The van der Waals surface area contributed by atoms with E-state index in [9.17, 15) is 13.2 Å². The van der Waals surface area contributed by atoms with Gasteiger partial charge in [0, 0.05) is 11.8 Å². The second-order valence-corrected chi connectivity index (χ2v) is 5.56. The van der Waals surface area contributed by atoms with E-state index in [1.165, 1.54) is 6.08 Å². The second kappa shape index (κ2) is 6.20. The van der Waals surface area contributed by atoms with E-state index < -0.39 is 16.0 Å². The van der Waals surface area contributed by atoms with Crippen LogP contribution in [0.4, 0.5) is 5.69 Å². The molecule has 0 aromatic heterocycles. The molecule has 1 rings (SSSR count). The standard InChI is InChI=1S/C12H15NO4S/c1-2-9-18(16,17)13-11-6-3-10(4-7-11)5-8-12(14)15/h3-8,13H,2,9H2,1H3,(H,14,15)/b8-5+. The van der Waals surface area contributed by atoms with Gasteiger partial charge >= 0.3 is 5.97 Å². The number of nitrogens with one attached hydrogen (secondary N) is 1. The average molecular weight is 269 g/mol. The van der Waals surface area contributed by atoms with E-state index >= 15 is 0 Å². The minimum atomic E-state index is -3.29. The lowest BCUT2D eigenvalue weighted by molar-refractivity contribution is -0.131. The molecule has 1 aromatic rings. The van der Waals surface area contributed by atoms with Gasteiger partial charge in [0.05, 0.1) is 5.75 Å². The van der Waals surface area contributed by atoms with Crippen LogP contribution in [0.25, 0.3) is 6.08 Å². The van der Waals surface area contributed by atoms with Crippen LogP contribution >= 0.6 is 0 Å². The smallest absolute Gasteiger partial charge is 0.328 e. The molecule has 0 radical (unpaired) electrons. The highest BCUT2D eigenvalue weighted by molar-refractivity contribution is 7.92. The second-order valence-electron chi connectivity index (χ2n) is 3.71. The lowest BCUT2D eigenvalue weighted by Crippen LogP contribution is -2.15. The summed E-state index contributed by atoms with van der Waals surface area (Å²) < 4.78 is 25.4. The molecular formula is C12H15NO4S. The fourth-order valence-corrected chi connectivity index (χ4v) is 2.46. The molecule has 6 heteroatoms. The molecule has 0 fully saturated rings. The predicted octanol–water partition coefficient (Wildman–Crippen LogP) is 1.94. The van der Waals surface area contributed by atoms with Crippen molar-refractivity contribution >= 4 is 27.8 Å². The van der Waals surface area contributed by atoms with Crippen molar-refractivity contribution in [2.45, 2.75) is 13.3 Å². The van der Waals surface area contributed by atoms with Crippen molar-refractivity contribution in [2.75, 3.05) is 10.5 Å². The molecule has 0 saturated carbocycles. The maximum absolute atomic E-state index is 11.5. The summed E-state index contributed by atoms with van der Waals surface area (Å²) in [5.74, 6) is -0.948. The van der Waals surface area contributed by atoms with Crippen molar-refractivity contribution in [1.29, 1.82) is 0 Å². The van der Waals surface area contributed by atoms with Gasteiger partial charge in [-0.25, -0.2) is 13.2 Å². The van der Waals surface area contributed by atoms with Gasteiger partial charge < -0.3 is 5.11 Å². The number of hydrogen-bond donors (Lipinski definition) is 2. The summed E-state index contributed by atoms with van der Waals surface area (Å²) in [6.07, 6.45) is 3.01. The fourth-order valence-electron chi connectivity index (χ4n) is 1.33. The molecule has 0 spiro atoms. The summed E-state index contributed by atoms with van der Waals surface area (Å²) in [6, 6.07) is 6.47. The van der Waals surface area contributed by atoms with Crippen LogP contribution in [-0.4, -0.2) is 25.2 Å². The van der Waals surface area contributed by atoms with Crippen LogP contribution in [0.2, 0.25) is 0 Å². The van der Waals surface area contributed by atoms with Crippen molar-refractivity contribution in [3.05, 3.63) is 35.9 Å². The van der Waals surface area contributed by atoms with Gasteiger partial charge in [0.1, 0.15) is 0 Å². The van der Waals surface area contributed by atoms with E-state index in [0.29, 0.717) is 17.7 Å². The van der Waals surface area contributed by atoms with Gasteiger partial charge in [-0.3, -0.25) is 4.72 Å². The van der Waals surface area contributed by atoms with Crippen molar-refractivity contribution in [3.63, 3.8) is 0 Å². The summed E-state index contributed by atoms with van der Waals surface area (Å²) in [7, 11) is -3.29. The molecular weight excluding hydrogens is 254 g/mol. The van der Waals surface area contributed by atoms with Crippen LogP contribution < -0.4 is 4.72 Å². The summed E-state index contributed by atoms with van der Waals surface area (Å²) in [6.45, 7) is 1.79. The summed E-state index contributed by atoms with van der Waals surface area (Å²) in [5, 5.41) is 8.46. The topological polar surface area (TPSA) is 83.5 Å². The van der Waals surface area contributed by atoms with Gasteiger partial charge in [-0.2, -0.15) is 0 Å². The van der Waals surface area contributed by atoms with Crippen LogP contribution in [0.1, 0.15) is 18.9 Å². The first kappa shape index (κ1) is 14.2. The van der Waals surface area contributed by atoms with Crippen molar-refractivity contribution in [1.82, 2.24) is 0 Å². The number of rotatable bonds is 6. The van der Waals surface area contributed by atoms with Crippen LogP contribution in [0.15, 0.2) is 30.3 Å². The number of benzene rings is 1. The van der Waals surface area contributed by atoms with Crippen LogP contribution in [-0.2, 0) is 14.8 Å². The molecule has 0 heterocycles. The van der Waals surface area contributed by atoms with Crippen LogP contribution in [0, 0.1) is 0 Å². The molecule has 98 valence electrons. The Morgan fingerprint density at radius 1 is 1.33 bits per heavy atom. The van der Waals surface area contributed by atoms with Gasteiger partial charge in [-0.1, -0.05) is 19.1 Å². The molecule has 1 aromatic carbocycles. The highest BCUT2D eigenvalue weighted by atomic mass is 32.2. The third kappa shape index (κ3) is 5.01. The number of carbonyl (C=O) groups is 1. The van der Waals surface area contributed by atoms with E-state index in [1.807, 2.05) is 0 Å². The van der Waals surface area contributed by atoms with Gasteiger partial charge in [0.25, 0.3) is 0 Å². The summed E-state index contributed by atoms with van der Waals surface area (Å²) in [5.41, 5.74) is 1.16. The fraction of sp³-hybridized carbons (Fsp3) is 0.250. The third-order valence-corrected chi connectivity index (χ3v) is 3.57. The Morgan fingerprint density at radius 2 is 1.94 bits per heavy atom. The lowest BCUT2D eigenvalue weighted by Gasteiger charge is -2.06. The molecule has 0 saturated heterocycles. The molecule has 0 amide bonds. The summed E-state index contributed by atoms with van der Waals surface area (Å²) >= 11 is 0. The molecule has 0 aliphatic carbocycles.